The van der Waals surface area contributed by atoms with Crippen molar-refractivity contribution in [2.45, 2.75) is 6.42 Å². The van der Waals surface area contributed by atoms with Crippen molar-refractivity contribution < 1.29 is 0 Å². The van der Waals surface area contributed by atoms with Crippen LogP contribution in [-0.4, -0.2) is 13.2 Å². The fraction of sp³-hybridized carbons (Fsp3) is 0.130. The summed E-state index contributed by atoms with van der Waals surface area (Å²) in [6.45, 7) is 1.78. The molecule has 0 spiro atoms. The molecule has 0 saturated carbocycles. The highest BCUT2D eigenvalue weighted by Gasteiger charge is 2.12. The number of fused-ring (bicyclic) bond motifs is 5. The van der Waals surface area contributed by atoms with Crippen LogP contribution in [0.1, 0.15) is 5.56 Å². The number of allylic oxidation sites excluding steroid dienone is 1. The van der Waals surface area contributed by atoms with Crippen LogP contribution in [0.25, 0.3) is 32.3 Å². The number of rotatable bonds is 2. The predicted molar refractivity (Wildman–Crippen MR) is 107 cm³/mol. The summed E-state index contributed by atoms with van der Waals surface area (Å²) in [4.78, 5) is 0. The van der Waals surface area contributed by atoms with Crippen LogP contribution in [0.2, 0.25) is 0 Å². The van der Waals surface area contributed by atoms with E-state index >= 15 is 0 Å². The second-order valence-electron chi connectivity index (χ2n) is 6.68. The van der Waals surface area contributed by atoms with Gasteiger partial charge in [-0.25, -0.2) is 0 Å². The Balaban J connectivity index is 1.86. The summed E-state index contributed by atoms with van der Waals surface area (Å²) in [5.74, 6) is 0. The minimum absolute atomic E-state index is 0.845. The van der Waals surface area contributed by atoms with E-state index in [0.29, 0.717) is 0 Å². The van der Waals surface area contributed by atoms with Gasteiger partial charge in [-0.3, -0.25) is 5.32 Å². The first-order valence-electron chi connectivity index (χ1n) is 8.86. The maximum atomic E-state index is 3.48. The van der Waals surface area contributed by atoms with Crippen LogP contribution >= 0.6 is 0 Å². The van der Waals surface area contributed by atoms with Gasteiger partial charge < -0.3 is 5.32 Å². The van der Waals surface area contributed by atoms with Crippen molar-refractivity contribution in [1.29, 1.82) is 0 Å². The summed E-state index contributed by atoms with van der Waals surface area (Å²) in [6.07, 6.45) is 3.20. The highest BCUT2D eigenvalue weighted by Crippen LogP contribution is 2.35. The topological polar surface area (TPSA) is 24.1 Å². The van der Waals surface area contributed by atoms with Gasteiger partial charge in [0.2, 0.25) is 0 Å². The first-order chi connectivity index (χ1) is 12.4. The molecule has 0 atom stereocenters. The minimum Gasteiger partial charge on any atom is -0.376 e. The Morgan fingerprint density at radius 1 is 0.760 bits per heavy atom. The molecule has 2 nitrogen and oxygen atoms in total. The van der Waals surface area contributed by atoms with E-state index in [1.54, 1.807) is 0 Å². The van der Waals surface area contributed by atoms with Gasteiger partial charge in [0.1, 0.15) is 0 Å². The Morgan fingerprint density at radius 2 is 1.56 bits per heavy atom. The van der Waals surface area contributed by atoms with Gasteiger partial charge in [0.15, 0.2) is 0 Å². The molecule has 0 bridgehead atoms. The highest BCUT2D eigenvalue weighted by atomic mass is 15.1. The molecular formula is C23H20N2. The van der Waals surface area contributed by atoms with Gasteiger partial charge in [-0.05, 0) is 37.9 Å². The Kier molecular flexibility index (Phi) is 3.43. The van der Waals surface area contributed by atoms with Gasteiger partial charge >= 0.3 is 0 Å². The molecule has 25 heavy (non-hydrogen) atoms. The molecule has 122 valence electrons. The zero-order chi connectivity index (χ0) is 16.6. The highest BCUT2D eigenvalue weighted by molar-refractivity contribution is 6.18. The molecular weight excluding hydrogens is 304 g/mol. The summed E-state index contributed by atoms with van der Waals surface area (Å²) in [7, 11) is 0. The standard InChI is InChI=1S/C23H20N2/c1-4-8-21-16(5-1)9-10-22-20-7-3-2-6-17(20)13-18(23(21)22)14-19-11-12-24-15-25-19/h1-11,13,24-25H,12,14-15H2. The van der Waals surface area contributed by atoms with Gasteiger partial charge in [-0.2, -0.15) is 0 Å². The summed E-state index contributed by atoms with van der Waals surface area (Å²) >= 11 is 0. The van der Waals surface area contributed by atoms with Crippen LogP contribution < -0.4 is 10.6 Å². The van der Waals surface area contributed by atoms with E-state index in [1.165, 1.54) is 43.6 Å². The van der Waals surface area contributed by atoms with Crippen molar-refractivity contribution in [1.82, 2.24) is 10.6 Å². The largest absolute Gasteiger partial charge is 0.376 e. The normalized spacial score (nSPS) is 14.6. The SMILES string of the molecule is C1=C(Cc2cc3ccccc3c3ccc4ccccc4c23)NCNC1. The molecule has 0 unspecified atom stereocenters. The van der Waals surface area contributed by atoms with E-state index in [2.05, 4.69) is 83.4 Å². The molecule has 2 N–H and O–H groups in total. The number of hydrogen-bond acceptors (Lipinski definition) is 2. The Morgan fingerprint density at radius 3 is 2.40 bits per heavy atom. The predicted octanol–water partition coefficient (Wildman–Crippen LogP) is 4.72. The molecule has 1 aliphatic heterocycles. The van der Waals surface area contributed by atoms with E-state index in [0.717, 1.165) is 19.6 Å². The van der Waals surface area contributed by atoms with E-state index < -0.39 is 0 Å². The molecule has 0 saturated heterocycles. The van der Waals surface area contributed by atoms with E-state index in [-0.39, 0.29) is 0 Å². The molecule has 0 radical (unpaired) electrons. The number of nitrogens with one attached hydrogen (secondary N) is 2. The van der Waals surface area contributed by atoms with Crippen molar-refractivity contribution in [2.75, 3.05) is 13.2 Å². The lowest BCUT2D eigenvalue weighted by molar-refractivity contribution is 0.627. The molecule has 2 heteroatoms. The van der Waals surface area contributed by atoms with Gasteiger partial charge in [-0.15, -0.1) is 0 Å². The number of benzene rings is 4. The zero-order valence-corrected chi connectivity index (χ0v) is 14.0. The summed E-state index contributed by atoms with van der Waals surface area (Å²) < 4.78 is 0. The third kappa shape index (κ3) is 2.46. The first kappa shape index (κ1) is 14.5. The second-order valence-corrected chi connectivity index (χ2v) is 6.68. The maximum Gasteiger partial charge on any atom is 0.0652 e. The van der Waals surface area contributed by atoms with E-state index in [9.17, 15) is 0 Å². The molecule has 5 rings (SSSR count). The molecule has 0 amide bonds. The lowest BCUT2D eigenvalue weighted by Crippen LogP contribution is -2.34. The van der Waals surface area contributed by atoms with Crippen molar-refractivity contribution in [3.63, 3.8) is 0 Å². The minimum atomic E-state index is 0.845. The third-order valence-corrected chi connectivity index (χ3v) is 5.14. The Hall–Kier alpha value is -2.84. The first-order valence-corrected chi connectivity index (χ1v) is 8.86. The molecule has 0 fully saturated rings. The third-order valence-electron chi connectivity index (χ3n) is 5.14. The van der Waals surface area contributed by atoms with Crippen LogP contribution in [0.4, 0.5) is 0 Å². The molecule has 0 aromatic heterocycles. The van der Waals surface area contributed by atoms with E-state index in [1.807, 2.05) is 0 Å². The smallest absolute Gasteiger partial charge is 0.0652 e. The number of hydrogen-bond donors (Lipinski definition) is 2. The molecule has 4 aromatic carbocycles. The van der Waals surface area contributed by atoms with Crippen LogP contribution in [0.5, 0.6) is 0 Å². The molecule has 4 aromatic rings. The van der Waals surface area contributed by atoms with Crippen LogP contribution in [0.15, 0.2) is 78.5 Å². The second kappa shape index (κ2) is 5.91. The summed E-state index contributed by atoms with van der Waals surface area (Å²) in [5.41, 5.74) is 2.70. The fourth-order valence-corrected chi connectivity index (χ4v) is 3.96. The Bertz CT molecular complexity index is 1120. The quantitative estimate of drug-likeness (QED) is 0.521. The average molecular weight is 324 g/mol. The van der Waals surface area contributed by atoms with Gasteiger partial charge in [-0.1, -0.05) is 72.8 Å². The van der Waals surface area contributed by atoms with Crippen molar-refractivity contribution in [3.05, 3.63) is 84.1 Å². The maximum absolute atomic E-state index is 3.48. The van der Waals surface area contributed by atoms with E-state index in [4.69, 9.17) is 0 Å². The Labute approximate surface area is 147 Å². The monoisotopic (exact) mass is 324 g/mol. The lowest BCUT2D eigenvalue weighted by Gasteiger charge is -2.19. The lowest BCUT2D eigenvalue weighted by atomic mass is 9.91. The summed E-state index contributed by atoms with van der Waals surface area (Å²) in [5, 5.41) is 14.8. The average Bonchev–Trinajstić information content (AvgIpc) is 2.68. The fourth-order valence-electron chi connectivity index (χ4n) is 3.96. The van der Waals surface area contributed by atoms with Crippen LogP contribution in [0, 0.1) is 0 Å². The molecule has 0 aliphatic carbocycles. The van der Waals surface area contributed by atoms with Crippen molar-refractivity contribution >= 4 is 32.3 Å². The molecule has 1 aliphatic rings. The van der Waals surface area contributed by atoms with Crippen LogP contribution in [-0.2, 0) is 6.42 Å². The summed E-state index contributed by atoms with van der Waals surface area (Å²) in [6, 6.07) is 24.3. The van der Waals surface area contributed by atoms with Crippen LogP contribution in [0.3, 0.4) is 0 Å². The van der Waals surface area contributed by atoms with Gasteiger partial charge in [0.05, 0.1) is 6.67 Å². The zero-order valence-electron chi connectivity index (χ0n) is 14.0. The van der Waals surface area contributed by atoms with Gasteiger partial charge in [0, 0.05) is 18.7 Å². The van der Waals surface area contributed by atoms with Crippen molar-refractivity contribution in [3.8, 4) is 0 Å². The van der Waals surface area contributed by atoms with Gasteiger partial charge in [0.25, 0.3) is 0 Å². The molecule has 1 heterocycles. The van der Waals surface area contributed by atoms with Crippen molar-refractivity contribution in [2.24, 2.45) is 0 Å².